The lowest BCUT2D eigenvalue weighted by atomic mass is 10.1. The predicted molar refractivity (Wildman–Crippen MR) is 87.0 cm³/mol. The van der Waals surface area contributed by atoms with Crippen LogP contribution in [0.2, 0.25) is 5.02 Å². The van der Waals surface area contributed by atoms with Gasteiger partial charge in [-0.3, -0.25) is 0 Å². The second-order valence-electron chi connectivity index (χ2n) is 4.33. The first-order chi connectivity index (χ1) is 9.65. The first-order valence-corrected chi connectivity index (χ1v) is 7.71. The minimum absolute atomic E-state index is 0.646. The van der Waals surface area contributed by atoms with E-state index in [0.717, 1.165) is 27.6 Å². The Morgan fingerprint density at radius 2 is 2.05 bits per heavy atom. The van der Waals surface area contributed by atoms with Gasteiger partial charge in [0.25, 0.3) is 0 Å². The molecule has 2 aromatic rings. The Morgan fingerprint density at radius 3 is 2.75 bits per heavy atom. The maximum absolute atomic E-state index is 9.39. The van der Waals surface area contributed by atoms with E-state index in [2.05, 4.69) is 18.3 Å². The molecule has 0 aliphatic heterocycles. The number of benzene rings is 2. The van der Waals surface area contributed by atoms with E-state index in [1.54, 1.807) is 11.8 Å². The number of hydrogen-bond acceptors (Lipinski definition) is 3. The van der Waals surface area contributed by atoms with Crippen molar-refractivity contribution in [3.05, 3.63) is 52.5 Å². The van der Waals surface area contributed by atoms with Gasteiger partial charge in [-0.05, 0) is 42.5 Å². The van der Waals surface area contributed by atoms with Gasteiger partial charge in [-0.1, -0.05) is 30.7 Å². The van der Waals surface area contributed by atoms with Gasteiger partial charge in [-0.15, -0.1) is 11.8 Å². The highest BCUT2D eigenvalue weighted by Gasteiger charge is 2.09. The van der Waals surface area contributed by atoms with Crippen molar-refractivity contribution in [3.63, 3.8) is 0 Å². The average molecular weight is 303 g/mol. The molecule has 0 saturated heterocycles. The molecule has 20 heavy (non-hydrogen) atoms. The van der Waals surface area contributed by atoms with E-state index in [0.29, 0.717) is 10.6 Å². The van der Waals surface area contributed by atoms with Crippen LogP contribution in [0.25, 0.3) is 0 Å². The van der Waals surface area contributed by atoms with Crippen molar-refractivity contribution in [3.8, 4) is 6.07 Å². The minimum atomic E-state index is 0.646. The molecule has 0 heterocycles. The second kappa shape index (κ2) is 6.69. The van der Waals surface area contributed by atoms with Gasteiger partial charge in [-0.2, -0.15) is 5.26 Å². The van der Waals surface area contributed by atoms with Crippen molar-refractivity contribution in [2.45, 2.75) is 18.7 Å². The van der Waals surface area contributed by atoms with E-state index >= 15 is 0 Å². The maximum atomic E-state index is 9.39. The molecule has 0 aliphatic carbocycles. The summed E-state index contributed by atoms with van der Waals surface area (Å²) in [4.78, 5) is 0.990. The maximum Gasteiger partial charge on any atom is 0.103 e. The Bertz CT molecular complexity index is 662. The summed E-state index contributed by atoms with van der Waals surface area (Å²) in [6.45, 7) is 4.08. The smallest absolute Gasteiger partial charge is 0.103 e. The van der Waals surface area contributed by atoms with Crippen LogP contribution in [0.5, 0.6) is 0 Å². The number of hydrogen-bond donors (Lipinski definition) is 1. The molecule has 0 radical (unpaired) electrons. The summed E-state index contributed by atoms with van der Waals surface area (Å²) < 4.78 is 0. The molecule has 2 aromatic carbocycles. The van der Waals surface area contributed by atoms with E-state index in [9.17, 15) is 5.26 Å². The Hall–Kier alpha value is -1.63. The number of thioether (sulfide) groups is 1. The quantitative estimate of drug-likeness (QED) is 0.771. The van der Waals surface area contributed by atoms with E-state index in [1.165, 1.54) is 0 Å². The number of nitriles is 1. The van der Waals surface area contributed by atoms with Crippen LogP contribution in [0.15, 0.2) is 41.3 Å². The summed E-state index contributed by atoms with van der Waals surface area (Å²) >= 11 is 7.86. The van der Waals surface area contributed by atoms with Gasteiger partial charge in [0.1, 0.15) is 6.07 Å². The van der Waals surface area contributed by atoms with Crippen molar-refractivity contribution in [2.24, 2.45) is 0 Å². The molecule has 0 fully saturated rings. The lowest BCUT2D eigenvalue weighted by Gasteiger charge is -2.12. The molecule has 0 aliphatic rings. The van der Waals surface area contributed by atoms with Crippen LogP contribution in [-0.2, 0) is 0 Å². The lowest BCUT2D eigenvalue weighted by molar-refractivity contribution is 1.34. The summed E-state index contributed by atoms with van der Waals surface area (Å²) in [5.74, 6) is 0.934. The Morgan fingerprint density at radius 1 is 1.25 bits per heavy atom. The SMILES string of the molecule is CCSc1cccc(Nc2cc(C)ccc2Cl)c1C#N. The standard InChI is InChI=1S/C16H15ClN2S/c1-3-20-16-6-4-5-14(12(16)10-18)19-15-9-11(2)7-8-13(15)17/h4-9,19H,3H2,1-2H3. The van der Waals surface area contributed by atoms with Crippen molar-refractivity contribution >= 4 is 34.7 Å². The molecule has 102 valence electrons. The third kappa shape index (κ3) is 3.27. The zero-order valence-corrected chi connectivity index (χ0v) is 13.0. The molecular formula is C16H15ClN2S. The van der Waals surface area contributed by atoms with Gasteiger partial charge in [0.15, 0.2) is 0 Å². The van der Waals surface area contributed by atoms with Crippen LogP contribution < -0.4 is 5.32 Å². The molecule has 2 rings (SSSR count). The van der Waals surface area contributed by atoms with Gasteiger partial charge >= 0.3 is 0 Å². The van der Waals surface area contributed by atoms with E-state index < -0.39 is 0 Å². The lowest BCUT2D eigenvalue weighted by Crippen LogP contribution is -1.96. The average Bonchev–Trinajstić information content (AvgIpc) is 2.43. The number of nitrogens with zero attached hydrogens (tertiary/aromatic N) is 1. The molecule has 2 nitrogen and oxygen atoms in total. The molecule has 0 spiro atoms. The van der Waals surface area contributed by atoms with E-state index in [4.69, 9.17) is 11.6 Å². The Kier molecular flexibility index (Phi) is 4.94. The largest absolute Gasteiger partial charge is 0.353 e. The molecule has 0 unspecified atom stereocenters. The number of rotatable bonds is 4. The van der Waals surface area contributed by atoms with Crippen LogP contribution in [-0.4, -0.2) is 5.75 Å². The molecule has 1 N–H and O–H groups in total. The fourth-order valence-electron chi connectivity index (χ4n) is 1.91. The molecule has 4 heteroatoms. The summed E-state index contributed by atoms with van der Waals surface area (Å²) in [6, 6.07) is 13.9. The summed E-state index contributed by atoms with van der Waals surface area (Å²) in [7, 11) is 0. The number of nitrogens with one attached hydrogen (secondary N) is 1. The minimum Gasteiger partial charge on any atom is -0.353 e. The van der Waals surface area contributed by atoms with Gasteiger partial charge in [-0.25, -0.2) is 0 Å². The van der Waals surface area contributed by atoms with Crippen molar-refractivity contribution < 1.29 is 0 Å². The first-order valence-electron chi connectivity index (χ1n) is 6.34. The summed E-state index contributed by atoms with van der Waals surface area (Å²) in [5, 5.41) is 13.3. The van der Waals surface area contributed by atoms with Crippen LogP contribution in [0.4, 0.5) is 11.4 Å². The molecular weight excluding hydrogens is 288 g/mol. The van der Waals surface area contributed by atoms with E-state index in [-0.39, 0.29) is 0 Å². The molecule has 0 bridgehead atoms. The number of halogens is 1. The summed E-state index contributed by atoms with van der Waals surface area (Å²) in [5.41, 5.74) is 3.40. The monoisotopic (exact) mass is 302 g/mol. The second-order valence-corrected chi connectivity index (χ2v) is 6.04. The van der Waals surface area contributed by atoms with Crippen molar-refractivity contribution in [1.29, 1.82) is 5.26 Å². The third-order valence-corrected chi connectivity index (χ3v) is 4.10. The predicted octanol–water partition coefficient (Wildman–Crippen LogP) is 5.38. The van der Waals surface area contributed by atoms with Gasteiger partial charge in [0.2, 0.25) is 0 Å². The Labute approximate surface area is 128 Å². The van der Waals surface area contributed by atoms with Crippen LogP contribution in [0.1, 0.15) is 18.1 Å². The molecule has 0 atom stereocenters. The highest BCUT2D eigenvalue weighted by molar-refractivity contribution is 7.99. The number of anilines is 2. The van der Waals surface area contributed by atoms with Gasteiger partial charge in [0, 0.05) is 4.90 Å². The van der Waals surface area contributed by atoms with E-state index in [1.807, 2.05) is 43.3 Å². The van der Waals surface area contributed by atoms with Crippen molar-refractivity contribution in [2.75, 3.05) is 11.1 Å². The van der Waals surface area contributed by atoms with Gasteiger partial charge < -0.3 is 5.32 Å². The molecule has 0 aromatic heterocycles. The molecule has 0 amide bonds. The van der Waals surface area contributed by atoms with Crippen molar-refractivity contribution in [1.82, 2.24) is 0 Å². The van der Waals surface area contributed by atoms with Crippen LogP contribution >= 0.6 is 23.4 Å². The fourth-order valence-corrected chi connectivity index (χ4v) is 2.86. The highest BCUT2D eigenvalue weighted by atomic mass is 35.5. The topological polar surface area (TPSA) is 35.8 Å². The molecule has 0 saturated carbocycles. The third-order valence-electron chi connectivity index (χ3n) is 2.83. The van der Waals surface area contributed by atoms with Crippen LogP contribution in [0.3, 0.4) is 0 Å². The normalized spacial score (nSPS) is 10.1. The fraction of sp³-hybridized carbons (Fsp3) is 0.188. The zero-order chi connectivity index (χ0) is 14.5. The number of aryl methyl sites for hydroxylation is 1. The van der Waals surface area contributed by atoms with Gasteiger partial charge in [0.05, 0.1) is 22.0 Å². The summed E-state index contributed by atoms with van der Waals surface area (Å²) in [6.07, 6.45) is 0. The highest BCUT2D eigenvalue weighted by Crippen LogP contribution is 2.32. The van der Waals surface area contributed by atoms with Crippen LogP contribution in [0, 0.1) is 18.3 Å². The first kappa shape index (κ1) is 14.8. The zero-order valence-electron chi connectivity index (χ0n) is 11.4. The Balaban J connectivity index is 2.41.